The fraction of sp³-hybridized carbons (Fsp3) is 0.364. The molecule has 2 N–H and O–H groups in total. The number of sulfone groups is 1. The summed E-state index contributed by atoms with van der Waals surface area (Å²) in [4.78, 5) is 13.6. The summed E-state index contributed by atoms with van der Waals surface area (Å²) < 4.78 is 115. The number of rotatable bonds is 16. The van der Waals surface area contributed by atoms with Gasteiger partial charge in [-0.3, -0.25) is 14.5 Å². The number of aromatic nitrogens is 2. The summed E-state index contributed by atoms with van der Waals surface area (Å²) in [6, 6.07) is 26.7. The Labute approximate surface area is 375 Å². The quantitative estimate of drug-likeness (QED) is 0.0732. The average molecular weight is 947 g/mol. The highest BCUT2D eigenvalue weighted by molar-refractivity contribution is 7.99. The third kappa shape index (κ3) is 11.3. The van der Waals surface area contributed by atoms with E-state index in [1.54, 1.807) is 0 Å². The molecule has 1 fully saturated rings. The average Bonchev–Trinajstić information content (AvgIpc) is 3.25. The normalized spacial score (nSPS) is 18.2. The molecule has 3 atom stereocenters. The van der Waals surface area contributed by atoms with Gasteiger partial charge in [0.05, 0.1) is 16.3 Å². The molecule has 3 heterocycles. The van der Waals surface area contributed by atoms with Crippen LogP contribution in [-0.2, 0) is 39.4 Å². The monoisotopic (exact) mass is 945 g/mol. The van der Waals surface area contributed by atoms with Gasteiger partial charge < -0.3 is 10.2 Å². The molecule has 11 nitrogen and oxygen atoms in total. The Morgan fingerprint density at radius 1 is 0.937 bits per heavy atom. The van der Waals surface area contributed by atoms with Gasteiger partial charge in [-0.25, -0.2) is 31.2 Å². The number of nitrogens with zero attached hydrogens (tertiary/aromatic N) is 5. The molecule has 2 unspecified atom stereocenters. The molecule has 0 saturated carbocycles. The van der Waals surface area contributed by atoms with Crippen LogP contribution < -0.4 is 10.0 Å². The molecule has 2 aliphatic rings. The molecule has 7 rings (SSSR count). The maximum Gasteiger partial charge on any atom is 0.501 e. The number of benzene rings is 4. The number of hydrogen-bond acceptors (Lipinski definition) is 11. The number of fused-ring (bicyclic) bond motifs is 1. The lowest BCUT2D eigenvalue weighted by Gasteiger charge is -2.42. The van der Waals surface area contributed by atoms with Crippen molar-refractivity contribution in [2.75, 3.05) is 56.1 Å². The van der Waals surface area contributed by atoms with E-state index in [9.17, 15) is 30.0 Å². The molecule has 1 aromatic heterocycles. The third-order valence-corrected chi connectivity index (χ3v) is 15.5. The van der Waals surface area contributed by atoms with Crippen molar-refractivity contribution in [1.82, 2.24) is 24.7 Å². The number of alkyl halides is 4. The Kier molecular flexibility index (Phi) is 14.7. The van der Waals surface area contributed by atoms with Crippen molar-refractivity contribution in [3.63, 3.8) is 0 Å². The molecule has 0 spiro atoms. The van der Waals surface area contributed by atoms with Gasteiger partial charge in [-0.2, -0.15) is 13.2 Å². The van der Waals surface area contributed by atoms with Crippen LogP contribution in [0.2, 0.25) is 5.02 Å². The Morgan fingerprint density at radius 3 is 2.38 bits per heavy atom. The van der Waals surface area contributed by atoms with E-state index in [0.29, 0.717) is 67.1 Å². The second-order valence-corrected chi connectivity index (χ2v) is 21.0. The first kappa shape index (κ1) is 46.7. The zero-order chi connectivity index (χ0) is 44.9. The van der Waals surface area contributed by atoms with Gasteiger partial charge in [0.1, 0.15) is 23.2 Å². The zero-order valence-electron chi connectivity index (χ0n) is 34.6. The highest BCUT2D eigenvalue weighted by Crippen LogP contribution is 2.38. The zero-order valence-corrected chi connectivity index (χ0v) is 37.8. The van der Waals surface area contributed by atoms with Gasteiger partial charge in [-0.05, 0) is 99.1 Å². The summed E-state index contributed by atoms with van der Waals surface area (Å²) >= 11 is 7.56. The molecule has 336 valence electrons. The number of sulfonamides is 1. The summed E-state index contributed by atoms with van der Waals surface area (Å²) in [7, 11) is -7.02. The number of piperidine rings is 1. The molecule has 2 aliphatic heterocycles. The maximum atomic E-state index is 16.0. The lowest BCUT2D eigenvalue weighted by molar-refractivity contribution is -0.0435. The molecule has 63 heavy (non-hydrogen) atoms. The predicted octanol–water partition coefficient (Wildman–Crippen LogP) is 8.39. The minimum Gasteiger partial charge on any atom is -0.380 e. The lowest BCUT2D eigenvalue weighted by Crippen LogP contribution is -2.53. The molecular formula is C44H48ClF4N7O4S3. The van der Waals surface area contributed by atoms with Crippen LogP contribution in [0.4, 0.5) is 29.1 Å². The minimum atomic E-state index is -6.02. The second-order valence-electron chi connectivity index (χ2n) is 15.9. The van der Waals surface area contributed by atoms with E-state index in [-0.39, 0.29) is 31.0 Å². The molecular weight excluding hydrogens is 898 g/mol. The van der Waals surface area contributed by atoms with Crippen LogP contribution in [-0.4, -0.2) is 111 Å². The topological polar surface area (TPSA) is 128 Å². The molecule has 0 aliphatic carbocycles. The van der Waals surface area contributed by atoms with E-state index in [1.165, 1.54) is 18.1 Å². The van der Waals surface area contributed by atoms with Crippen LogP contribution in [0.3, 0.4) is 0 Å². The predicted molar refractivity (Wildman–Crippen MR) is 240 cm³/mol. The van der Waals surface area contributed by atoms with Gasteiger partial charge in [-0.1, -0.05) is 66.2 Å². The Morgan fingerprint density at radius 2 is 1.67 bits per heavy atom. The Hall–Kier alpha value is -4.30. The molecule has 0 radical (unpaired) electrons. The van der Waals surface area contributed by atoms with Gasteiger partial charge >= 0.3 is 5.51 Å². The van der Waals surface area contributed by atoms with Crippen LogP contribution in [0.15, 0.2) is 118 Å². The van der Waals surface area contributed by atoms with Crippen LogP contribution in [0.1, 0.15) is 29.7 Å². The standard InChI is InChI=1S/C44H48ClF4N7O4S3/c1-54(2)21-18-33(28-61-34-9-4-3-5-10-34)52-39-17-16-35(24-42(39)62(57,58)44(47,48)49)63(59,60)53-43-37-19-23-56(27-40(37)50-29-51-43)41-20-22-55(26-38(41)46)25-31-8-6-7-11-36(31)30-12-14-32(45)15-13-30/h3-17,24,29,33,38,41,52H,18-23,25-28H2,1-2H3,(H,50,51,53)/t33-,38?,41?/m1/s1. The summed E-state index contributed by atoms with van der Waals surface area (Å²) in [6.07, 6.45) is 1.26. The van der Waals surface area contributed by atoms with E-state index < -0.39 is 53.4 Å². The van der Waals surface area contributed by atoms with E-state index in [2.05, 4.69) is 24.9 Å². The summed E-state index contributed by atoms with van der Waals surface area (Å²) in [5.74, 6) is 0.294. The van der Waals surface area contributed by atoms with E-state index in [0.717, 1.165) is 33.7 Å². The van der Waals surface area contributed by atoms with Gasteiger partial charge in [0.2, 0.25) is 0 Å². The number of nitrogens with one attached hydrogen (secondary N) is 2. The fourth-order valence-electron chi connectivity index (χ4n) is 7.93. The first-order valence-corrected chi connectivity index (χ1v) is 24.7. The minimum absolute atomic E-state index is 0.0882. The van der Waals surface area contributed by atoms with Crippen molar-refractivity contribution in [2.24, 2.45) is 0 Å². The molecule has 5 aromatic rings. The summed E-state index contributed by atoms with van der Waals surface area (Å²) in [6.45, 7) is 2.60. The summed E-state index contributed by atoms with van der Waals surface area (Å²) in [5.41, 5.74) is -1.98. The van der Waals surface area contributed by atoms with Gasteiger partial charge in [0.25, 0.3) is 19.9 Å². The molecule has 19 heteroatoms. The Bertz CT molecular complexity index is 2590. The molecule has 1 saturated heterocycles. The van der Waals surface area contributed by atoms with Gasteiger partial charge in [-0.15, -0.1) is 11.8 Å². The Balaban J connectivity index is 1.05. The van der Waals surface area contributed by atoms with Crippen LogP contribution >= 0.6 is 23.4 Å². The molecule has 4 aromatic carbocycles. The SMILES string of the molecule is CN(C)CC[C@H](CSc1ccccc1)Nc1ccc(S(=O)(=O)Nc2ncnc3c2CCN(C2CCN(Cc4ccccc4-c4ccc(Cl)cc4)CC2F)C3)cc1S(=O)(=O)C(F)(F)F. The van der Waals surface area contributed by atoms with E-state index in [1.807, 2.05) is 103 Å². The highest BCUT2D eigenvalue weighted by Gasteiger charge is 2.48. The van der Waals surface area contributed by atoms with E-state index >= 15 is 4.39 Å². The van der Waals surface area contributed by atoms with Crippen molar-refractivity contribution < 1.29 is 34.4 Å². The number of hydrogen-bond donors (Lipinski definition) is 2. The maximum absolute atomic E-state index is 16.0. The summed E-state index contributed by atoms with van der Waals surface area (Å²) in [5, 5.41) is 3.62. The van der Waals surface area contributed by atoms with Crippen molar-refractivity contribution in [2.45, 2.75) is 70.8 Å². The lowest BCUT2D eigenvalue weighted by atomic mass is 9.95. The first-order valence-electron chi connectivity index (χ1n) is 20.3. The largest absolute Gasteiger partial charge is 0.501 e. The van der Waals surface area contributed by atoms with Crippen molar-refractivity contribution in [3.8, 4) is 11.1 Å². The third-order valence-electron chi connectivity index (χ3n) is 11.2. The highest BCUT2D eigenvalue weighted by atomic mass is 35.5. The smallest absolute Gasteiger partial charge is 0.380 e. The molecule has 0 amide bonds. The fourth-order valence-corrected chi connectivity index (χ4v) is 11.1. The van der Waals surface area contributed by atoms with Crippen LogP contribution in [0.25, 0.3) is 11.1 Å². The van der Waals surface area contributed by atoms with Crippen LogP contribution in [0, 0.1) is 0 Å². The number of likely N-dealkylation sites (tertiary alicyclic amines) is 1. The van der Waals surface area contributed by atoms with Gasteiger partial charge in [0.15, 0.2) is 0 Å². The first-order chi connectivity index (χ1) is 30.0. The number of thioether (sulfide) groups is 1. The van der Waals surface area contributed by atoms with Crippen molar-refractivity contribution in [1.29, 1.82) is 0 Å². The molecule has 0 bridgehead atoms. The van der Waals surface area contributed by atoms with Crippen molar-refractivity contribution in [3.05, 3.63) is 125 Å². The van der Waals surface area contributed by atoms with Gasteiger partial charge in [0, 0.05) is 66.0 Å². The van der Waals surface area contributed by atoms with Crippen molar-refractivity contribution >= 4 is 54.7 Å². The van der Waals surface area contributed by atoms with Crippen LogP contribution in [0.5, 0.6) is 0 Å². The van der Waals surface area contributed by atoms with E-state index in [4.69, 9.17) is 11.6 Å². The second kappa shape index (κ2) is 19.8. The number of anilines is 2. The number of halogens is 5.